The molecule has 1 aromatic carbocycles. The maximum atomic E-state index is 12.1. The van der Waals surface area contributed by atoms with Crippen LogP contribution in [0, 0.1) is 10.1 Å². The summed E-state index contributed by atoms with van der Waals surface area (Å²) in [5, 5.41) is 13.9. The topological polar surface area (TPSA) is 115 Å². The quantitative estimate of drug-likeness (QED) is 0.440. The molecule has 2 rings (SSSR count). The first-order valence-electron chi connectivity index (χ1n) is 7.43. The number of aromatic nitrogens is 1. The molecule has 1 amide bonds. The van der Waals surface area contributed by atoms with Gasteiger partial charge in [0.05, 0.1) is 20.5 Å². The van der Waals surface area contributed by atoms with Gasteiger partial charge in [-0.1, -0.05) is 23.2 Å². The predicted octanol–water partition coefficient (Wildman–Crippen LogP) is 3.16. The van der Waals surface area contributed by atoms with Crippen molar-refractivity contribution in [1.29, 1.82) is 0 Å². The molecule has 0 aliphatic rings. The number of hydrogen-bond donors (Lipinski definition) is 1. The fraction of sp³-hybridized carbons (Fsp3) is 0.188. The van der Waals surface area contributed by atoms with Crippen molar-refractivity contribution < 1.29 is 19.2 Å². The van der Waals surface area contributed by atoms with Gasteiger partial charge in [0, 0.05) is 26.4 Å². The zero-order valence-corrected chi connectivity index (χ0v) is 15.7. The van der Waals surface area contributed by atoms with Crippen molar-refractivity contribution in [3.05, 3.63) is 56.2 Å². The Morgan fingerprint density at radius 2 is 2.00 bits per heavy atom. The van der Waals surface area contributed by atoms with E-state index < -0.39 is 23.4 Å². The zero-order valence-electron chi connectivity index (χ0n) is 14.2. The number of halogens is 2. The van der Waals surface area contributed by atoms with Gasteiger partial charge in [-0.05, 0) is 18.2 Å². The van der Waals surface area contributed by atoms with Gasteiger partial charge in [-0.15, -0.1) is 0 Å². The summed E-state index contributed by atoms with van der Waals surface area (Å²) in [6.07, 6.45) is 1.29. The highest BCUT2D eigenvalue weighted by molar-refractivity contribution is 6.36. The molecular formula is C16H14Cl2N4O5. The number of nitro benzene ring substituents is 1. The molecule has 2 aromatic rings. The number of carbonyl (C=O) groups is 2. The molecule has 0 fully saturated rings. The Balaban J connectivity index is 2.03. The Morgan fingerprint density at radius 3 is 2.59 bits per heavy atom. The van der Waals surface area contributed by atoms with Crippen molar-refractivity contribution in [1.82, 2.24) is 4.98 Å². The van der Waals surface area contributed by atoms with E-state index in [1.54, 1.807) is 19.0 Å². The molecule has 1 heterocycles. The van der Waals surface area contributed by atoms with Crippen molar-refractivity contribution in [3.8, 4) is 0 Å². The van der Waals surface area contributed by atoms with Crippen LogP contribution >= 0.6 is 23.2 Å². The standard InChI is InChI=1S/C16H14Cl2N4O5/c1-21(2)12-4-3-9(5-13(12)22(25)26)16(24)27-8-14(23)20-15-11(18)6-10(17)7-19-15/h3-7H,8H2,1-2H3,(H,19,20,23). The van der Waals surface area contributed by atoms with Gasteiger partial charge < -0.3 is 15.0 Å². The summed E-state index contributed by atoms with van der Waals surface area (Å²) < 4.78 is 4.88. The minimum absolute atomic E-state index is 0.0530. The van der Waals surface area contributed by atoms with E-state index in [2.05, 4.69) is 10.3 Å². The summed E-state index contributed by atoms with van der Waals surface area (Å²) in [6.45, 7) is -0.622. The number of carbonyl (C=O) groups excluding carboxylic acids is 2. The molecule has 0 unspecified atom stereocenters. The number of anilines is 2. The largest absolute Gasteiger partial charge is 0.452 e. The maximum absolute atomic E-state index is 12.1. The Hall–Kier alpha value is -2.91. The molecule has 0 atom stereocenters. The van der Waals surface area contributed by atoms with Crippen molar-refractivity contribution in [2.75, 3.05) is 30.9 Å². The molecule has 142 valence electrons. The Labute approximate surface area is 164 Å². The fourth-order valence-electron chi connectivity index (χ4n) is 2.06. The lowest BCUT2D eigenvalue weighted by molar-refractivity contribution is -0.384. The number of rotatable bonds is 6. The minimum Gasteiger partial charge on any atom is -0.452 e. The van der Waals surface area contributed by atoms with Crippen LogP contribution in [0.1, 0.15) is 10.4 Å². The van der Waals surface area contributed by atoms with Crippen molar-refractivity contribution in [3.63, 3.8) is 0 Å². The third-order valence-corrected chi connectivity index (χ3v) is 3.78. The second-order valence-corrected chi connectivity index (χ2v) is 6.31. The highest BCUT2D eigenvalue weighted by Gasteiger charge is 2.20. The molecule has 0 aliphatic heterocycles. The van der Waals surface area contributed by atoms with E-state index in [4.69, 9.17) is 27.9 Å². The molecular weight excluding hydrogens is 399 g/mol. The number of amides is 1. The zero-order chi connectivity index (χ0) is 20.1. The van der Waals surface area contributed by atoms with E-state index in [0.29, 0.717) is 10.7 Å². The summed E-state index contributed by atoms with van der Waals surface area (Å²) in [4.78, 5) is 39.9. The molecule has 27 heavy (non-hydrogen) atoms. The highest BCUT2D eigenvalue weighted by Crippen LogP contribution is 2.28. The maximum Gasteiger partial charge on any atom is 0.338 e. The SMILES string of the molecule is CN(C)c1ccc(C(=O)OCC(=O)Nc2ncc(Cl)cc2Cl)cc1[N+](=O)[O-]. The van der Waals surface area contributed by atoms with E-state index in [9.17, 15) is 19.7 Å². The van der Waals surface area contributed by atoms with Gasteiger partial charge in [0.2, 0.25) is 0 Å². The lowest BCUT2D eigenvalue weighted by atomic mass is 10.1. The number of hydrogen-bond acceptors (Lipinski definition) is 7. The minimum atomic E-state index is -0.881. The summed E-state index contributed by atoms with van der Waals surface area (Å²) in [7, 11) is 3.28. The van der Waals surface area contributed by atoms with Gasteiger partial charge in [0.15, 0.2) is 12.4 Å². The average Bonchev–Trinajstić information content (AvgIpc) is 2.61. The summed E-state index contributed by atoms with van der Waals surface area (Å²) in [5.74, 6) is -1.50. The summed E-state index contributed by atoms with van der Waals surface area (Å²) >= 11 is 11.6. The van der Waals surface area contributed by atoms with Crippen LogP contribution in [0.2, 0.25) is 10.0 Å². The monoisotopic (exact) mass is 412 g/mol. The van der Waals surface area contributed by atoms with E-state index >= 15 is 0 Å². The highest BCUT2D eigenvalue weighted by atomic mass is 35.5. The number of nitro groups is 1. The molecule has 0 radical (unpaired) electrons. The fourth-order valence-corrected chi connectivity index (χ4v) is 2.49. The van der Waals surface area contributed by atoms with E-state index in [1.165, 1.54) is 24.4 Å². The van der Waals surface area contributed by atoms with Gasteiger partial charge in [-0.2, -0.15) is 0 Å². The number of ether oxygens (including phenoxy) is 1. The number of pyridine rings is 1. The van der Waals surface area contributed by atoms with Crippen LogP contribution in [0.5, 0.6) is 0 Å². The number of esters is 1. The third-order valence-electron chi connectivity index (χ3n) is 3.29. The van der Waals surface area contributed by atoms with Crippen LogP contribution in [-0.2, 0) is 9.53 Å². The van der Waals surface area contributed by atoms with Crippen molar-refractivity contribution in [2.45, 2.75) is 0 Å². The first kappa shape index (κ1) is 20.4. The molecule has 11 heteroatoms. The smallest absolute Gasteiger partial charge is 0.338 e. The number of nitrogens with one attached hydrogen (secondary N) is 1. The van der Waals surface area contributed by atoms with Gasteiger partial charge in [0.1, 0.15) is 5.69 Å². The molecule has 0 bridgehead atoms. The van der Waals surface area contributed by atoms with E-state index in [0.717, 1.165) is 6.07 Å². The first-order valence-corrected chi connectivity index (χ1v) is 8.18. The van der Waals surface area contributed by atoms with Crippen LogP contribution in [0.15, 0.2) is 30.5 Å². The number of benzene rings is 1. The predicted molar refractivity (Wildman–Crippen MR) is 101 cm³/mol. The molecule has 1 aromatic heterocycles. The van der Waals surface area contributed by atoms with Gasteiger partial charge in [-0.3, -0.25) is 14.9 Å². The summed E-state index contributed by atoms with van der Waals surface area (Å²) in [6, 6.07) is 5.28. The Morgan fingerprint density at radius 1 is 1.30 bits per heavy atom. The molecule has 0 saturated carbocycles. The molecule has 9 nitrogen and oxygen atoms in total. The summed E-state index contributed by atoms with van der Waals surface area (Å²) in [5.41, 5.74) is 0.0246. The van der Waals surface area contributed by atoms with Gasteiger partial charge in [-0.25, -0.2) is 9.78 Å². The van der Waals surface area contributed by atoms with E-state index in [-0.39, 0.29) is 22.1 Å². The molecule has 1 N–H and O–H groups in total. The molecule has 0 spiro atoms. The Kier molecular flexibility index (Phi) is 6.54. The van der Waals surface area contributed by atoms with Crippen LogP contribution in [0.3, 0.4) is 0 Å². The van der Waals surface area contributed by atoms with E-state index in [1.807, 2.05) is 0 Å². The number of nitrogens with zero attached hydrogens (tertiary/aromatic N) is 3. The van der Waals surface area contributed by atoms with Crippen LogP contribution in [0.25, 0.3) is 0 Å². The molecule has 0 aliphatic carbocycles. The third kappa shape index (κ3) is 5.28. The second kappa shape index (κ2) is 8.65. The normalized spacial score (nSPS) is 10.2. The molecule has 0 saturated heterocycles. The lowest BCUT2D eigenvalue weighted by Gasteiger charge is -2.13. The van der Waals surface area contributed by atoms with Crippen molar-refractivity contribution in [2.24, 2.45) is 0 Å². The first-order chi connectivity index (χ1) is 12.7. The average molecular weight is 413 g/mol. The van der Waals surface area contributed by atoms with Gasteiger partial charge in [0.25, 0.3) is 11.6 Å². The van der Waals surface area contributed by atoms with Crippen LogP contribution in [0.4, 0.5) is 17.2 Å². The van der Waals surface area contributed by atoms with Crippen molar-refractivity contribution >= 4 is 52.3 Å². The second-order valence-electron chi connectivity index (χ2n) is 5.46. The van der Waals surface area contributed by atoms with Gasteiger partial charge >= 0.3 is 5.97 Å². The Bertz CT molecular complexity index is 904. The van der Waals surface area contributed by atoms with Crippen LogP contribution in [-0.4, -0.2) is 42.5 Å². The van der Waals surface area contributed by atoms with Crippen LogP contribution < -0.4 is 10.2 Å². The lowest BCUT2D eigenvalue weighted by Crippen LogP contribution is -2.21.